The van der Waals surface area contributed by atoms with Crippen molar-refractivity contribution in [2.75, 3.05) is 20.1 Å². The van der Waals surface area contributed by atoms with E-state index < -0.39 is 0 Å². The molecule has 82 valence electrons. The van der Waals surface area contributed by atoms with Crippen LogP contribution >= 0.6 is 0 Å². The highest BCUT2D eigenvalue weighted by Crippen LogP contribution is 2.10. The quantitative estimate of drug-likeness (QED) is 0.789. The molecule has 4 heteroatoms. The van der Waals surface area contributed by atoms with Gasteiger partial charge in [0.05, 0.1) is 5.69 Å². The molecule has 0 unspecified atom stereocenters. The van der Waals surface area contributed by atoms with Crippen molar-refractivity contribution < 1.29 is 0 Å². The average Bonchev–Trinajstić information content (AvgIpc) is 2.31. The summed E-state index contributed by atoms with van der Waals surface area (Å²) >= 11 is 0. The van der Waals surface area contributed by atoms with Crippen molar-refractivity contribution in [3.8, 4) is 0 Å². The first kappa shape index (κ1) is 10.5. The van der Waals surface area contributed by atoms with Gasteiger partial charge in [-0.15, -0.1) is 0 Å². The van der Waals surface area contributed by atoms with Crippen LogP contribution in [0.1, 0.15) is 18.5 Å². The van der Waals surface area contributed by atoms with E-state index in [0.717, 1.165) is 25.3 Å². The van der Waals surface area contributed by atoms with Gasteiger partial charge in [-0.2, -0.15) is 0 Å². The molecule has 0 saturated carbocycles. The Morgan fingerprint density at radius 1 is 1.53 bits per heavy atom. The molecule has 0 aliphatic carbocycles. The predicted molar refractivity (Wildman–Crippen MR) is 59.4 cm³/mol. The summed E-state index contributed by atoms with van der Waals surface area (Å²) in [6.45, 7) is 3.15. The van der Waals surface area contributed by atoms with Gasteiger partial charge in [0, 0.05) is 37.7 Å². The summed E-state index contributed by atoms with van der Waals surface area (Å²) in [6, 6.07) is 0.640. The first-order valence-corrected chi connectivity index (χ1v) is 5.52. The van der Waals surface area contributed by atoms with Crippen molar-refractivity contribution >= 4 is 0 Å². The number of aromatic nitrogens is 2. The lowest BCUT2D eigenvalue weighted by atomic mass is 10.1. The molecule has 0 amide bonds. The van der Waals surface area contributed by atoms with Gasteiger partial charge >= 0.3 is 0 Å². The summed E-state index contributed by atoms with van der Waals surface area (Å²) in [5.74, 6) is 0. The summed E-state index contributed by atoms with van der Waals surface area (Å²) in [5, 5.41) is 3.42. The zero-order valence-electron chi connectivity index (χ0n) is 9.19. The molecule has 1 N–H and O–H groups in total. The molecule has 2 rings (SSSR count). The maximum absolute atomic E-state index is 4.29. The molecular formula is C11H18N4. The predicted octanol–water partition coefficient (Wildman–Crippen LogP) is 0.660. The maximum Gasteiger partial charge on any atom is 0.0726 e. The van der Waals surface area contributed by atoms with Gasteiger partial charge in [0.1, 0.15) is 0 Å². The van der Waals surface area contributed by atoms with E-state index in [2.05, 4.69) is 27.2 Å². The van der Waals surface area contributed by atoms with Crippen molar-refractivity contribution in [3.63, 3.8) is 0 Å². The third-order valence-electron chi connectivity index (χ3n) is 2.92. The Kier molecular flexibility index (Phi) is 3.64. The van der Waals surface area contributed by atoms with Crippen molar-refractivity contribution in [3.05, 3.63) is 24.3 Å². The zero-order chi connectivity index (χ0) is 10.5. The van der Waals surface area contributed by atoms with Gasteiger partial charge in [-0.1, -0.05) is 0 Å². The van der Waals surface area contributed by atoms with Crippen LogP contribution in [0.5, 0.6) is 0 Å². The molecule has 15 heavy (non-hydrogen) atoms. The lowest BCUT2D eigenvalue weighted by Gasteiger charge is -2.31. The molecule has 1 aromatic rings. The van der Waals surface area contributed by atoms with Crippen LogP contribution in [0.3, 0.4) is 0 Å². The largest absolute Gasteiger partial charge is 0.315 e. The summed E-state index contributed by atoms with van der Waals surface area (Å²) in [7, 11) is 2.16. The number of rotatable bonds is 3. The third-order valence-corrected chi connectivity index (χ3v) is 2.92. The number of nitrogens with one attached hydrogen (secondary N) is 1. The van der Waals surface area contributed by atoms with Crippen molar-refractivity contribution in [1.29, 1.82) is 0 Å². The standard InChI is InChI=1S/C11H18N4/c1-15(11-3-2-4-12-8-11)9-10-7-13-5-6-14-10/h5-7,11-12H,2-4,8-9H2,1H3/t11-/m0/s1. The van der Waals surface area contributed by atoms with E-state index in [-0.39, 0.29) is 0 Å². The number of piperidine rings is 1. The molecule has 0 bridgehead atoms. The molecule has 1 atom stereocenters. The first-order valence-electron chi connectivity index (χ1n) is 5.52. The van der Waals surface area contributed by atoms with Gasteiger partial charge in [0.2, 0.25) is 0 Å². The lowest BCUT2D eigenvalue weighted by Crippen LogP contribution is -2.43. The average molecular weight is 206 g/mol. The molecule has 1 aliphatic rings. The number of nitrogens with zero attached hydrogens (tertiary/aromatic N) is 3. The smallest absolute Gasteiger partial charge is 0.0726 e. The normalized spacial score (nSPS) is 21.9. The van der Waals surface area contributed by atoms with Crippen LogP contribution in [0.4, 0.5) is 0 Å². The molecule has 0 spiro atoms. The van der Waals surface area contributed by atoms with E-state index in [1.54, 1.807) is 12.4 Å². The molecule has 4 nitrogen and oxygen atoms in total. The summed E-state index contributed by atoms with van der Waals surface area (Å²) in [6.07, 6.45) is 7.86. The zero-order valence-corrected chi connectivity index (χ0v) is 9.19. The van der Waals surface area contributed by atoms with Gasteiger partial charge in [-0.25, -0.2) is 0 Å². The molecule has 1 aromatic heterocycles. The third kappa shape index (κ3) is 2.97. The minimum Gasteiger partial charge on any atom is -0.315 e. The van der Waals surface area contributed by atoms with Gasteiger partial charge < -0.3 is 5.32 Å². The van der Waals surface area contributed by atoms with E-state index >= 15 is 0 Å². The van der Waals surface area contributed by atoms with Crippen LogP contribution in [0.15, 0.2) is 18.6 Å². The molecule has 1 saturated heterocycles. The minimum absolute atomic E-state index is 0.640. The topological polar surface area (TPSA) is 41.1 Å². The van der Waals surface area contributed by atoms with Crippen molar-refractivity contribution in [1.82, 2.24) is 20.2 Å². The Morgan fingerprint density at radius 2 is 2.47 bits per heavy atom. The van der Waals surface area contributed by atoms with Crippen molar-refractivity contribution in [2.45, 2.75) is 25.4 Å². The highest BCUT2D eigenvalue weighted by atomic mass is 15.2. The Morgan fingerprint density at radius 3 is 3.13 bits per heavy atom. The van der Waals surface area contributed by atoms with E-state index in [1.165, 1.54) is 12.8 Å². The maximum atomic E-state index is 4.29. The van der Waals surface area contributed by atoms with Crippen LogP contribution in [-0.2, 0) is 6.54 Å². The minimum atomic E-state index is 0.640. The van der Waals surface area contributed by atoms with Crippen LogP contribution in [0.2, 0.25) is 0 Å². The van der Waals surface area contributed by atoms with E-state index in [0.29, 0.717) is 6.04 Å². The van der Waals surface area contributed by atoms with Crippen LogP contribution in [-0.4, -0.2) is 41.0 Å². The fourth-order valence-corrected chi connectivity index (χ4v) is 2.01. The number of hydrogen-bond donors (Lipinski definition) is 1. The molecule has 0 aromatic carbocycles. The summed E-state index contributed by atoms with van der Waals surface area (Å²) in [4.78, 5) is 10.7. The Hall–Kier alpha value is -1.00. The van der Waals surface area contributed by atoms with Crippen LogP contribution in [0.25, 0.3) is 0 Å². The Labute approximate surface area is 90.7 Å². The lowest BCUT2D eigenvalue weighted by molar-refractivity contribution is 0.194. The van der Waals surface area contributed by atoms with Gasteiger partial charge in [0.25, 0.3) is 0 Å². The Balaban J connectivity index is 1.88. The van der Waals surface area contributed by atoms with Crippen LogP contribution < -0.4 is 5.32 Å². The second kappa shape index (κ2) is 5.19. The SMILES string of the molecule is CN(Cc1cnccn1)[C@H]1CCCNC1. The number of hydrogen-bond acceptors (Lipinski definition) is 4. The monoisotopic (exact) mass is 206 g/mol. The van der Waals surface area contributed by atoms with Gasteiger partial charge in [0.15, 0.2) is 0 Å². The first-order chi connectivity index (χ1) is 7.36. The van der Waals surface area contributed by atoms with E-state index in [9.17, 15) is 0 Å². The molecule has 1 fully saturated rings. The fraction of sp³-hybridized carbons (Fsp3) is 0.636. The summed E-state index contributed by atoms with van der Waals surface area (Å²) < 4.78 is 0. The highest BCUT2D eigenvalue weighted by Gasteiger charge is 2.17. The molecule has 2 heterocycles. The summed E-state index contributed by atoms with van der Waals surface area (Å²) in [5.41, 5.74) is 1.05. The molecule has 0 radical (unpaired) electrons. The Bertz CT molecular complexity index is 282. The second-order valence-electron chi connectivity index (χ2n) is 4.11. The fourth-order valence-electron chi connectivity index (χ4n) is 2.01. The second-order valence-corrected chi connectivity index (χ2v) is 4.11. The van der Waals surface area contributed by atoms with Gasteiger partial charge in [-0.3, -0.25) is 14.9 Å². The van der Waals surface area contributed by atoms with E-state index in [4.69, 9.17) is 0 Å². The van der Waals surface area contributed by atoms with Crippen molar-refractivity contribution in [2.24, 2.45) is 0 Å². The molecule has 1 aliphatic heterocycles. The van der Waals surface area contributed by atoms with Gasteiger partial charge in [-0.05, 0) is 26.4 Å². The van der Waals surface area contributed by atoms with E-state index in [1.807, 2.05) is 6.20 Å². The highest BCUT2D eigenvalue weighted by molar-refractivity contribution is 4.95. The molecular weight excluding hydrogens is 188 g/mol. The van der Waals surface area contributed by atoms with Crippen LogP contribution in [0, 0.1) is 0 Å². The number of likely N-dealkylation sites (N-methyl/N-ethyl adjacent to an activating group) is 1.